The van der Waals surface area contributed by atoms with Gasteiger partial charge in [-0.3, -0.25) is 0 Å². The Balaban J connectivity index is 1.94. The average Bonchev–Trinajstić information content (AvgIpc) is 2.34. The molecule has 0 radical (unpaired) electrons. The second kappa shape index (κ2) is 5.92. The van der Waals surface area contributed by atoms with Gasteiger partial charge in [0.15, 0.2) is 5.82 Å². The lowest BCUT2D eigenvalue weighted by Gasteiger charge is -2.22. The predicted octanol–water partition coefficient (Wildman–Crippen LogP) is 5.12. The number of hydrogen-bond donors (Lipinski definition) is 1. The van der Waals surface area contributed by atoms with Crippen LogP contribution in [0.5, 0.6) is 0 Å². The van der Waals surface area contributed by atoms with Crippen LogP contribution in [0.3, 0.4) is 0 Å². The van der Waals surface area contributed by atoms with Crippen molar-refractivity contribution in [2.24, 2.45) is 5.92 Å². The van der Waals surface area contributed by atoms with Gasteiger partial charge in [-0.2, -0.15) is 0 Å². The molecule has 4 heteroatoms. The van der Waals surface area contributed by atoms with E-state index >= 15 is 0 Å². The summed E-state index contributed by atoms with van der Waals surface area (Å²) in [7, 11) is 0. The molecule has 1 aliphatic carbocycles. The Morgan fingerprint density at radius 1 is 1.12 bits per heavy atom. The number of anilines is 1. The molecule has 94 valence electrons. The maximum atomic E-state index is 13.2. The van der Waals surface area contributed by atoms with Crippen LogP contribution in [0.2, 0.25) is 10.0 Å². The lowest BCUT2D eigenvalue weighted by atomic mass is 9.89. The quantitative estimate of drug-likeness (QED) is 0.755. The summed E-state index contributed by atoms with van der Waals surface area (Å²) in [5.74, 6) is 0.169. The Kier molecular flexibility index (Phi) is 4.52. The minimum absolute atomic E-state index is 0.0728. The van der Waals surface area contributed by atoms with Gasteiger partial charge in [0, 0.05) is 12.2 Å². The number of benzene rings is 1. The smallest absolute Gasteiger partial charge is 0.160 e. The van der Waals surface area contributed by atoms with Gasteiger partial charge in [0.1, 0.15) is 0 Å². The van der Waals surface area contributed by atoms with E-state index in [9.17, 15) is 4.39 Å². The van der Waals surface area contributed by atoms with Crippen molar-refractivity contribution in [1.82, 2.24) is 0 Å². The van der Waals surface area contributed by atoms with E-state index in [-0.39, 0.29) is 10.0 Å². The normalized spacial score (nSPS) is 17.1. The molecule has 0 heterocycles. The minimum atomic E-state index is -0.545. The third-order valence-corrected chi connectivity index (χ3v) is 3.85. The van der Waals surface area contributed by atoms with Crippen LogP contribution in [-0.2, 0) is 0 Å². The first kappa shape index (κ1) is 13.0. The van der Waals surface area contributed by atoms with Crippen LogP contribution < -0.4 is 5.32 Å². The molecule has 1 fully saturated rings. The zero-order chi connectivity index (χ0) is 12.3. The van der Waals surface area contributed by atoms with Crippen molar-refractivity contribution in [3.8, 4) is 0 Å². The molecule has 0 amide bonds. The summed E-state index contributed by atoms with van der Waals surface area (Å²) in [6, 6.07) is 3.18. The highest BCUT2D eigenvalue weighted by atomic mass is 35.5. The van der Waals surface area contributed by atoms with Crippen LogP contribution in [0.25, 0.3) is 0 Å². The molecule has 1 aromatic carbocycles. The lowest BCUT2D eigenvalue weighted by molar-refractivity contribution is 0.373. The third kappa shape index (κ3) is 3.49. The highest BCUT2D eigenvalue weighted by Crippen LogP contribution is 2.28. The predicted molar refractivity (Wildman–Crippen MR) is 71.5 cm³/mol. The van der Waals surface area contributed by atoms with E-state index in [0.717, 1.165) is 12.2 Å². The number of hydrogen-bond acceptors (Lipinski definition) is 1. The van der Waals surface area contributed by atoms with Crippen molar-refractivity contribution < 1.29 is 4.39 Å². The molecule has 17 heavy (non-hydrogen) atoms. The molecule has 0 atom stereocenters. The van der Waals surface area contributed by atoms with Gasteiger partial charge in [-0.15, -0.1) is 0 Å². The Hall–Kier alpha value is -0.470. The van der Waals surface area contributed by atoms with Crippen molar-refractivity contribution in [3.05, 3.63) is 28.0 Å². The second-order valence-corrected chi connectivity index (χ2v) is 5.45. The Bertz CT molecular complexity index is 366. The van der Waals surface area contributed by atoms with Crippen LogP contribution in [-0.4, -0.2) is 6.54 Å². The summed E-state index contributed by atoms with van der Waals surface area (Å²) in [6.07, 6.45) is 6.53. The zero-order valence-electron chi connectivity index (χ0n) is 9.61. The van der Waals surface area contributed by atoms with E-state index in [1.165, 1.54) is 32.1 Å². The molecule has 0 aliphatic heterocycles. The van der Waals surface area contributed by atoms with Crippen LogP contribution in [0, 0.1) is 11.7 Å². The van der Waals surface area contributed by atoms with Gasteiger partial charge in [0.2, 0.25) is 0 Å². The summed E-state index contributed by atoms with van der Waals surface area (Å²) in [5.41, 5.74) is 0.798. The summed E-state index contributed by atoms with van der Waals surface area (Å²) in [6.45, 7) is 0.915. The monoisotopic (exact) mass is 275 g/mol. The fraction of sp³-hybridized carbons (Fsp3) is 0.538. The van der Waals surface area contributed by atoms with Crippen molar-refractivity contribution >= 4 is 28.9 Å². The molecule has 1 N–H and O–H groups in total. The maximum absolute atomic E-state index is 13.2. The maximum Gasteiger partial charge on any atom is 0.160 e. The van der Waals surface area contributed by atoms with E-state index in [1.54, 1.807) is 12.1 Å². The largest absolute Gasteiger partial charge is 0.385 e. The van der Waals surface area contributed by atoms with Gasteiger partial charge in [0.05, 0.1) is 10.0 Å². The third-order valence-electron chi connectivity index (χ3n) is 3.30. The summed E-state index contributed by atoms with van der Waals surface area (Å²) in [5, 5.41) is 3.43. The Morgan fingerprint density at radius 2 is 1.71 bits per heavy atom. The topological polar surface area (TPSA) is 12.0 Å². The highest BCUT2D eigenvalue weighted by Gasteiger charge is 2.13. The van der Waals surface area contributed by atoms with Crippen molar-refractivity contribution in [3.63, 3.8) is 0 Å². The minimum Gasteiger partial charge on any atom is -0.385 e. The van der Waals surface area contributed by atoms with Gasteiger partial charge >= 0.3 is 0 Å². The van der Waals surface area contributed by atoms with Gasteiger partial charge in [0.25, 0.3) is 0 Å². The number of nitrogens with one attached hydrogen (secondary N) is 1. The van der Waals surface area contributed by atoms with Crippen LogP contribution >= 0.6 is 23.2 Å². The van der Waals surface area contributed by atoms with Gasteiger partial charge in [-0.1, -0.05) is 42.5 Å². The van der Waals surface area contributed by atoms with Crippen molar-refractivity contribution in [2.45, 2.75) is 32.1 Å². The average molecular weight is 276 g/mol. The summed E-state index contributed by atoms with van der Waals surface area (Å²) in [4.78, 5) is 0. The van der Waals surface area contributed by atoms with E-state index < -0.39 is 5.82 Å². The van der Waals surface area contributed by atoms with Gasteiger partial charge < -0.3 is 5.32 Å². The fourth-order valence-corrected chi connectivity index (χ4v) is 2.80. The van der Waals surface area contributed by atoms with E-state index in [4.69, 9.17) is 23.2 Å². The molecule has 0 spiro atoms. The van der Waals surface area contributed by atoms with Crippen LogP contribution in [0.4, 0.5) is 10.1 Å². The second-order valence-electron chi connectivity index (χ2n) is 4.64. The zero-order valence-corrected chi connectivity index (χ0v) is 11.1. The lowest BCUT2D eigenvalue weighted by Crippen LogP contribution is -2.17. The molecule has 0 unspecified atom stereocenters. The van der Waals surface area contributed by atoms with Gasteiger partial charge in [-0.25, -0.2) is 4.39 Å². The van der Waals surface area contributed by atoms with Crippen LogP contribution in [0.1, 0.15) is 32.1 Å². The van der Waals surface area contributed by atoms with Crippen LogP contribution in [0.15, 0.2) is 12.1 Å². The molecule has 0 saturated heterocycles. The molecule has 1 saturated carbocycles. The molecule has 0 bridgehead atoms. The molecule has 1 aromatic rings. The number of rotatable bonds is 3. The summed E-state index contributed by atoms with van der Waals surface area (Å²) >= 11 is 11.5. The number of halogens is 3. The standard InChI is InChI=1S/C13H16Cl2FN/c14-11-6-10(7-12(15)13(11)16)17-8-9-4-2-1-3-5-9/h6-7,9,17H,1-5,8H2. The van der Waals surface area contributed by atoms with Crippen molar-refractivity contribution in [2.75, 3.05) is 11.9 Å². The molecular formula is C13H16Cl2FN. The van der Waals surface area contributed by atoms with E-state index in [1.807, 2.05) is 0 Å². The SMILES string of the molecule is Fc1c(Cl)cc(NCC2CCCCC2)cc1Cl. The first-order valence-corrected chi connectivity index (χ1v) is 6.81. The summed E-state index contributed by atoms with van der Waals surface area (Å²) < 4.78 is 13.2. The van der Waals surface area contributed by atoms with Gasteiger partial charge in [-0.05, 0) is 30.9 Å². The molecule has 2 rings (SSSR count). The molecular weight excluding hydrogens is 260 g/mol. The highest BCUT2D eigenvalue weighted by molar-refractivity contribution is 6.35. The Labute approximate surface area is 111 Å². The first-order chi connectivity index (χ1) is 8.16. The molecule has 0 aromatic heterocycles. The molecule has 1 nitrogen and oxygen atoms in total. The fourth-order valence-electron chi connectivity index (χ4n) is 2.31. The Morgan fingerprint density at radius 3 is 2.29 bits per heavy atom. The van der Waals surface area contributed by atoms with Crippen molar-refractivity contribution in [1.29, 1.82) is 0 Å². The van der Waals surface area contributed by atoms with E-state index in [0.29, 0.717) is 5.92 Å². The molecule has 1 aliphatic rings. The first-order valence-electron chi connectivity index (χ1n) is 6.05. The van der Waals surface area contributed by atoms with E-state index in [2.05, 4.69) is 5.32 Å².